The molecule has 4 aromatic rings. The number of hydrogen-bond acceptors (Lipinski definition) is 5. The monoisotopic (exact) mass is 577 g/mol. The van der Waals surface area contributed by atoms with Crippen LogP contribution in [0.15, 0.2) is 97.3 Å². The second kappa shape index (κ2) is 15.0. The lowest BCUT2D eigenvalue weighted by atomic mass is 9.90. The van der Waals surface area contributed by atoms with Gasteiger partial charge in [0.15, 0.2) is 0 Å². The van der Waals surface area contributed by atoms with Crippen molar-refractivity contribution in [3.8, 4) is 16.9 Å². The minimum Gasteiger partial charge on any atom is -0.493 e. The van der Waals surface area contributed by atoms with Crippen molar-refractivity contribution in [3.63, 3.8) is 0 Å². The molecule has 1 heterocycles. The Kier molecular flexibility index (Phi) is 10.4. The lowest BCUT2D eigenvalue weighted by Gasteiger charge is -2.24. The third-order valence-electron chi connectivity index (χ3n) is 7.76. The van der Waals surface area contributed by atoms with Crippen LogP contribution in [-0.2, 0) is 17.8 Å². The highest BCUT2D eigenvalue weighted by molar-refractivity contribution is 5.90. The number of carbonyl (C=O) groups excluding carboxylic acids is 2. The molecular weight excluding hydrogens is 538 g/mol. The van der Waals surface area contributed by atoms with Gasteiger partial charge >= 0.3 is 12.0 Å². The molecule has 5 rings (SSSR count). The molecule has 7 heteroatoms. The van der Waals surface area contributed by atoms with Gasteiger partial charge in [0.25, 0.3) is 0 Å². The van der Waals surface area contributed by atoms with Gasteiger partial charge in [0, 0.05) is 31.2 Å². The highest BCUT2D eigenvalue weighted by Gasteiger charge is 2.17. The van der Waals surface area contributed by atoms with E-state index in [1.807, 2.05) is 72.8 Å². The van der Waals surface area contributed by atoms with Crippen LogP contribution in [0.2, 0.25) is 0 Å². The van der Waals surface area contributed by atoms with Crippen molar-refractivity contribution in [1.29, 1.82) is 0 Å². The largest absolute Gasteiger partial charge is 0.493 e. The molecule has 0 spiro atoms. The second-order valence-electron chi connectivity index (χ2n) is 11.0. The molecule has 0 bridgehead atoms. The maximum absolute atomic E-state index is 13.5. The van der Waals surface area contributed by atoms with E-state index in [0.29, 0.717) is 36.9 Å². The predicted molar refractivity (Wildman–Crippen MR) is 169 cm³/mol. The third-order valence-corrected chi connectivity index (χ3v) is 7.76. The van der Waals surface area contributed by atoms with Gasteiger partial charge in [-0.05, 0) is 90.4 Å². The standard InChI is InChI=1S/C36H39N3O4/c1-2-42-35(40)32-16-14-31(15-17-32)30-12-10-27(11-13-30)24-39(25-29-9-6-22-37-23-29)36(41)38-33-18-20-34(21-19-33)43-26-28-7-4-3-5-8-28/h6,9-23,28H,2-5,7-8,24-26H2,1H3,(H,38,41). The summed E-state index contributed by atoms with van der Waals surface area (Å²) in [5.74, 6) is 1.14. The number of amides is 2. The zero-order chi connectivity index (χ0) is 29.9. The molecule has 0 aliphatic heterocycles. The SMILES string of the molecule is CCOC(=O)c1ccc(-c2ccc(CN(Cc3cccnc3)C(=O)Nc3ccc(OCC4CCCCC4)cc3)cc2)cc1. The van der Waals surface area contributed by atoms with E-state index in [0.717, 1.165) is 34.6 Å². The molecule has 0 radical (unpaired) electrons. The van der Waals surface area contributed by atoms with Crippen LogP contribution in [0.1, 0.15) is 60.5 Å². The number of rotatable bonds is 11. The average Bonchev–Trinajstić information content (AvgIpc) is 3.05. The number of pyridine rings is 1. The van der Waals surface area contributed by atoms with Gasteiger partial charge in [-0.25, -0.2) is 9.59 Å². The number of anilines is 1. The van der Waals surface area contributed by atoms with Gasteiger partial charge in [-0.15, -0.1) is 0 Å². The number of nitrogens with zero attached hydrogens (tertiary/aromatic N) is 2. The molecule has 1 N–H and O–H groups in total. The van der Waals surface area contributed by atoms with E-state index in [1.165, 1.54) is 32.1 Å². The highest BCUT2D eigenvalue weighted by atomic mass is 16.5. The molecule has 1 aromatic heterocycles. The number of urea groups is 1. The molecule has 0 unspecified atom stereocenters. The molecule has 1 saturated carbocycles. The summed E-state index contributed by atoms with van der Waals surface area (Å²) >= 11 is 0. The van der Waals surface area contributed by atoms with E-state index in [-0.39, 0.29) is 12.0 Å². The fourth-order valence-corrected chi connectivity index (χ4v) is 5.35. The molecule has 0 saturated heterocycles. The topological polar surface area (TPSA) is 80.8 Å². The van der Waals surface area contributed by atoms with Gasteiger partial charge in [0.1, 0.15) is 5.75 Å². The first-order valence-corrected chi connectivity index (χ1v) is 15.1. The fourth-order valence-electron chi connectivity index (χ4n) is 5.35. The summed E-state index contributed by atoms with van der Waals surface area (Å²) < 4.78 is 11.1. The zero-order valence-corrected chi connectivity index (χ0v) is 24.7. The molecule has 3 aromatic carbocycles. The Morgan fingerprint density at radius 2 is 1.51 bits per heavy atom. The van der Waals surface area contributed by atoms with E-state index >= 15 is 0 Å². The first kappa shape index (κ1) is 29.8. The molecule has 7 nitrogen and oxygen atoms in total. The van der Waals surface area contributed by atoms with Crippen LogP contribution in [0, 0.1) is 5.92 Å². The summed E-state index contributed by atoms with van der Waals surface area (Å²) in [6.07, 6.45) is 9.92. The van der Waals surface area contributed by atoms with Crippen molar-refractivity contribution in [3.05, 3.63) is 114 Å². The molecule has 0 atom stereocenters. The quantitative estimate of drug-likeness (QED) is 0.182. The Hall–Kier alpha value is -4.65. The van der Waals surface area contributed by atoms with Gasteiger partial charge in [0.05, 0.1) is 18.8 Å². The number of aromatic nitrogens is 1. The third kappa shape index (κ3) is 8.67. The first-order chi connectivity index (χ1) is 21.1. The number of ether oxygens (including phenoxy) is 2. The minimum atomic E-state index is -0.324. The van der Waals surface area contributed by atoms with Crippen molar-refractivity contribution < 1.29 is 19.1 Å². The zero-order valence-electron chi connectivity index (χ0n) is 24.7. The van der Waals surface area contributed by atoms with Crippen LogP contribution in [0.4, 0.5) is 10.5 Å². The Bertz CT molecular complexity index is 1450. The molecule has 2 amide bonds. The predicted octanol–water partition coefficient (Wildman–Crippen LogP) is 8.12. The number of benzene rings is 3. The van der Waals surface area contributed by atoms with Crippen LogP contribution < -0.4 is 10.1 Å². The van der Waals surface area contributed by atoms with Crippen LogP contribution in [0.5, 0.6) is 5.75 Å². The molecule has 1 fully saturated rings. The van der Waals surface area contributed by atoms with Crippen molar-refractivity contribution in [2.24, 2.45) is 5.92 Å². The van der Waals surface area contributed by atoms with Gasteiger partial charge < -0.3 is 19.7 Å². The summed E-state index contributed by atoms with van der Waals surface area (Å²) in [6, 6.07) is 26.7. The highest BCUT2D eigenvalue weighted by Crippen LogP contribution is 2.26. The minimum absolute atomic E-state index is 0.196. The second-order valence-corrected chi connectivity index (χ2v) is 11.0. The van der Waals surface area contributed by atoms with Crippen LogP contribution >= 0.6 is 0 Å². The summed E-state index contributed by atoms with van der Waals surface area (Å²) in [5, 5.41) is 3.05. The van der Waals surface area contributed by atoms with Crippen molar-refractivity contribution in [2.75, 3.05) is 18.5 Å². The fraction of sp³-hybridized carbons (Fsp3) is 0.306. The van der Waals surface area contributed by atoms with Crippen LogP contribution in [-0.4, -0.2) is 35.1 Å². The van der Waals surface area contributed by atoms with E-state index in [9.17, 15) is 9.59 Å². The average molecular weight is 578 g/mol. The van der Waals surface area contributed by atoms with Gasteiger partial charge in [-0.1, -0.05) is 61.7 Å². The summed E-state index contributed by atoms with van der Waals surface area (Å²) in [7, 11) is 0. The number of esters is 1. The van der Waals surface area contributed by atoms with Crippen molar-refractivity contribution >= 4 is 17.7 Å². The van der Waals surface area contributed by atoms with E-state index < -0.39 is 0 Å². The van der Waals surface area contributed by atoms with E-state index in [4.69, 9.17) is 9.47 Å². The Balaban J connectivity index is 1.23. The molecule has 43 heavy (non-hydrogen) atoms. The molecule has 222 valence electrons. The number of nitrogens with one attached hydrogen (secondary N) is 1. The van der Waals surface area contributed by atoms with Crippen molar-refractivity contribution in [2.45, 2.75) is 52.1 Å². The first-order valence-electron chi connectivity index (χ1n) is 15.1. The smallest absolute Gasteiger partial charge is 0.338 e. The molecule has 1 aliphatic rings. The molecule has 1 aliphatic carbocycles. The van der Waals surface area contributed by atoms with E-state index in [1.54, 1.807) is 36.4 Å². The number of hydrogen-bond donors (Lipinski definition) is 1. The maximum atomic E-state index is 13.5. The van der Waals surface area contributed by atoms with Gasteiger partial charge in [-0.3, -0.25) is 4.98 Å². The van der Waals surface area contributed by atoms with Gasteiger partial charge in [0.2, 0.25) is 0 Å². The Labute approximate surface area is 253 Å². The Morgan fingerprint density at radius 1 is 0.837 bits per heavy atom. The number of carbonyl (C=O) groups is 2. The summed E-state index contributed by atoms with van der Waals surface area (Å²) in [6.45, 7) is 3.73. The van der Waals surface area contributed by atoms with Crippen LogP contribution in [0.25, 0.3) is 11.1 Å². The van der Waals surface area contributed by atoms with Crippen molar-refractivity contribution in [1.82, 2.24) is 9.88 Å². The van der Waals surface area contributed by atoms with Crippen LogP contribution in [0.3, 0.4) is 0 Å². The van der Waals surface area contributed by atoms with E-state index in [2.05, 4.69) is 10.3 Å². The summed E-state index contributed by atoms with van der Waals surface area (Å²) in [4.78, 5) is 31.4. The normalized spacial score (nSPS) is 13.2. The molecular formula is C36H39N3O4. The summed E-state index contributed by atoms with van der Waals surface area (Å²) in [5.41, 5.74) is 5.21. The maximum Gasteiger partial charge on any atom is 0.338 e. The lowest BCUT2D eigenvalue weighted by molar-refractivity contribution is 0.0526. The van der Waals surface area contributed by atoms with Gasteiger partial charge in [-0.2, -0.15) is 0 Å². The lowest BCUT2D eigenvalue weighted by Crippen LogP contribution is -2.34. The Morgan fingerprint density at radius 3 is 2.16 bits per heavy atom.